The van der Waals surface area contributed by atoms with Crippen molar-refractivity contribution in [3.63, 3.8) is 0 Å². The molecule has 1 aliphatic rings. The smallest absolute Gasteiger partial charge is 0.264 e. The molecule has 1 aliphatic carbocycles. The Labute approximate surface area is 278 Å². The molecule has 1 fully saturated rings. The molecule has 0 saturated heterocycles. The summed E-state index contributed by atoms with van der Waals surface area (Å²) in [4.78, 5) is 30.5. The molecule has 4 aromatic rings. The second kappa shape index (κ2) is 15.3. The van der Waals surface area contributed by atoms with Gasteiger partial charge in [0.2, 0.25) is 11.8 Å². The molecule has 0 spiro atoms. The number of rotatable bonds is 13. The van der Waals surface area contributed by atoms with Gasteiger partial charge in [-0.25, -0.2) is 8.42 Å². The van der Waals surface area contributed by atoms with E-state index in [9.17, 15) is 18.0 Å². The number of ether oxygens (including phenoxy) is 1. The zero-order valence-corrected chi connectivity index (χ0v) is 28.1. The Balaban J connectivity index is 1.58. The first kappa shape index (κ1) is 33.7. The van der Waals surface area contributed by atoms with Crippen LogP contribution in [0.1, 0.15) is 47.9 Å². The number of hydrogen-bond acceptors (Lipinski definition) is 5. The normalized spacial score (nSPS) is 13.9. The highest BCUT2D eigenvalue weighted by atomic mass is 32.2. The third-order valence-electron chi connectivity index (χ3n) is 8.73. The summed E-state index contributed by atoms with van der Waals surface area (Å²) in [5, 5.41) is 3.21. The van der Waals surface area contributed by atoms with Crippen molar-refractivity contribution in [1.29, 1.82) is 0 Å². The number of anilines is 1. The van der Waals surface area contributed by atoms with Crippen LogP contribution in [0.15, 0.2) is 108 Å². The number of methoxy groups -OCH3 is 1. The number of para-hydroxylation sites is 1. The lowest BCUT2D eigenvalue weighted by molar-refractivity contribution is -0.140. The van der Waals surface area contributed by atoms with E-state index in [1.165, 1.54) is 9.21 Å². The van der Waals surface area contributed by atoms with Gasteiger partial charge in [-0.1, -0.05) is 91.2 Å². The minimum atomic E-state index is -4.16. The number of hydrogen-bond donors (Lipinski definition) is 1. The number of aryl methyl sites for hydroxylation is 2. The molecular weight excluding hydrogens is 611 g/mol. The molecule has 9 heteroatoms. The molecule has 0 aromatic heterocycles. The molecule has 246 valence electrons. The molecule has 5 rings (SSSR count). The van der Waals surface area contributed by atoms with Crippen LogP contribution in [0, 0.1) is 13.8 Å². The topological polar surface area (TPSA) is 96.0 Å². The van der Waals surface area contributed by atoms with Crippen LogP contribution < -0.4 is 14.4 Å². The standard InChI is InChI=1S/C38H43N3O5S/c1-28-20-22-34(23-21-28)47(44,45)41(35-19-10-7-12-29(35)2)27-37(42)40(26-31-15-11-18-33(24-31)46-3)36(25-30-13-5-4-6-14-30)38(43)39-32-16-8-9-17-32/h4-7,10-15,18-24,32,36H,8-9,16-17,25-27H2,1-3H3,(H,39,43). The van der Waals surface area contributed by atoms with E-state index in [1.54, 1.807) is 43.5 Å². The average molecular weight is 654 g/mol. The Morgan fingerprint density at radius 1 is 0.851 bits per heavy atom. The fourth-order valence-corrected chi connectivity index (χ4v) is 7.56. The van der Waals surface area contributed by atoms with Gasteiger partial charge in [0.25, 0.3) is 10.0 Å². The summed E-state index contributed by atoms with van der Waals surface area (Å²) in [5.74, 6) is -0.122. The maximum atomic E-state index is 14.7. The summed E-state index contributed by atoms with van der Waals surface area (Å²) in [6.45, 7) is 3.29. The van der Waals surface area contributed by atoms with Crippen LogP contribution in [-0.4, -0.2) is 50.9 Å². The largest absolute Gasteiger partial charge is 0.497 e. The lowest BCUT2D eigenvalue weighted by Crippen LogP contribution is -2.54. The van der Waals surface area contributed by atoms with Gasteiger partial charge >= 0.3 is 0 Å². The van der Waals surface area contributed by atoms with E-state index in [4.69, 9.17) is 4.74 Å². The van der Waals surface area contributed by atoms with Crippen molar-refractivity contribution in [3.8, 4) is 5.75 Å². The summed E-state index contributed by atoms with van der Waals surface area (Å²) in [5.41, 5.74) is 3.68. The number of nitrogens with one attached hydrogen (secondary N) is 1. The Bertz CT molecular complexity index is 1770. The number of nitrogens with zero attached hydrogens (tertiary/aromatic N) is 2. The number of benzene rings is 4. The van der Waals surface area contributed by atoms with Crippen molar-refractivity contribution >= 4 is 27.5 Å². The zero-order chi connectivity index (χ0) is 33.4. The van der Waals surface area contributed by atoms with Crippen LogP contribution in [0.25, 0.3) is 0 Å². The van der Waals surface area contributed by atoms with Gasteiger partial charge in [0.1, 0.15) is 18.3 Å². The summed E-state index contributed by atoms with van der Waals surface area (Å²) >= 11 is 0. The summed E-state index contributed by atoms with van der Waals surface area (Å²) in [6, 6.07) is 29.8. The third-order valence-corrected chi connectivity index (χ3v) is 10.5. The monoisotopic (exact) mass is 653 g/mol. The summed E-state index contributed by atoms with van der Waals surface area (Å²) in [6.07, 6.45) is 4.14. The molecule has 1 unspecified atom stereocenters. The molecule has 0 heterocycles. The van der Waals surface area contributed by atoms with Crippen molar-refractivity contribution in [3.05, 3.63) is 125 Å². The molecule has 47 heavy (non-hydrogen) atoms. The van der Waals surface area contributed by atoms with E-state index in [-0.39, 0.29) is 29.8 Å². The van der Waals surface area contributed by atoms with E-state index in [1.807, 2.05) is 80.6 Å². The van der Waals surface area contributed by atoms with Gasteiger partial charge in [0.05, 0.1) is 17.7 Å². The van der Waals surface area contributed by atoms with E-state index >= 15 is 0 Å². The van der Waals surface area contributed by atoms with Crippen LogP contribution in [0.2, 0.25) is 0 Å². The van der Waals surface area contributed by atoms with E-state index < -0.39 is 28.5 Å². The van der Waals surface area contributed by atoms with Crippen LogP contribution in [-0.2, 0) is 32.6 Å². The van der Waals surface area contributed by atoms with E-state index in [0.29, 0.717) is 17.0 Å². The van der Waals surface area contributed by atoms with Gasteiger partial charge in [-0.2, -0.15) is 0 Å². The van der Waals surface area contributed by atoms with Crippen LogP contribution in [0.5, 0.6) is 5.75 Å². The Morgan fingerprint density at radius 2 is 1.51 bits per heavy atom. The lowest BCUT2D eigenvalue weighted by atomic mass is 10.0. The van der Waals surface area contributed by atoms with E-state index in [2.05, 4.69) is 5.32 Å². The molecule has 1 saturated carbocycles. The second-order valence-corrected chi connectivity index (χ2v) is 14.0. The Kier molecular flexibility index (Phi) is 11.0. The average Bonchev–Trinajstić information content (AvgIpc) is 3.59. The highest BCUT2D eigenvalue weighted by Gasteiger charge is 2.36. The maximum Gasteiger partial charge on any atom is 0.264 e. The molecule has 0 aliphatic heterocycles. The summed E-state index contributed by atoms with van der Waals surface area (Å²) < 4.78 is 35.2. The van der Waals surface area contributed by atoms with Crippen molar-refractivity contribution in [2.24, 2.45) is 0 Å². The second-order valence-electron chi connectivity index (χ2n) is 12.2. The molecule has 0 bridgehead atoms. The number of amides is 2. The number of carbonyl (C=O) groups excluding carboxylic acids is 2. The molecule has 4 aromatic carbocycles. The minimum absolute atomic E-state index is 0.0416. The van der Waals surface area contributed by atoms with Gasteiger partial charge in [-0.15, -0.1) is 0 Å². The van der Waals surface area contributed by atoms with Crippen LogP contribution in [0.4, 0.5) is 5.69 Å². The summed E-state index contributed by atoms with van der Waals surface area (Å²) in [7, 11) is -2.59. The predicted octanol–water partition coefficient (Wildman–Crippen LogP) is 6.21. The maximum absolute atomic E-state index is 14.7. The fraction of sp³-hybridized carbons (Fsp3) is 0.316. The molecular formula is C38H43N3O5S. The highest BCUT2D eigenvalue weighted by Crippen LogP contribution is 2.28. The van der Waals surface area contributed by atoms with Crippen molar-refractivity contribution in [1.82, 2.24) is 10.2 Å². The molecule has 1 N–H and O–H groups in total. The van der Waals surface area contributed by atoms with Gasteiger partial charge in [-0.3, -0.25) is 13.9 Å². The molecule has 0 radical (unpaired) electrons. The van der Waals surface area contributed by atoms with Crippen molar-refractivity contribution in [2.45, 2.75) is 69.5 Å². The minimum Gasteiger partial charge on any atom is -0.497 e. The lowest BCUT2D eigenvalue weighted by Gasteiger charge is -2.34. The first-order valence-electron chi connectivity index (χ1n) is 16.1. The Hall–Kier alpha value is -4.63. The number of carbonyl (C=O) groups is 2. The van der Waals surface area contributed by atoms with Gasteiger partial charge in [0, 0.05) is 19.0 Å². The molecule has 1 atom stereocenters. The Morgan fingerprint density at radius 3 is 2.19 bits per heavy atom. The van der Waals surface area contributed by atoms with Crippen molar-refractivity contribution in [2.75, 3.05) is 18.0 Å². The quantitative estimate of drug-likeness (QED) is 0.185. The molecule has 2 amide bonds. The highest BCUT2D eigenvalue weighted by molar-refractivity contribution is 7.92. The fourth-order valence-electron chi connectivity index (χ4n) is 6.08. The first-order valence-corrected chi connectivity index (χ1v) is 17.5. The van der Waals surface area contributed by atoms with Crippen LogP contribution >= 0.6 is 0 Å². The SMILES string of the molecule is COc1cccc(CN(C(=O)CN(c2ccccc2C)S(=O)(=O)c2ccc(C)cc2)C(Cc2ccccc2)C(=O)NC2CCCC2)c1. The van der Waals surface area contributed by atoms with Gasteiger partial charge in [-0.05, 0) is 73.7 Å². The first-order chi connectivity index (χ1) is 22.7. The number of sulfonamides is 1. The predicted molar refractivity (Wildman–Crippen MR) is 185 cm³/mol. The van der Waals surface area contributed by atoms with Gasteiger partial charge < -0.3 is 15.0 Å². The third kappa shape index (κ3) is 8.40. The zero-order valence-electron chi connectivity index (χ0n) is 27.3. The molecule has 8 nitrogen and oxygen atoms in total. The van der Waals surface area contributed by atoms with Crippen molar-refractivity contribution < 1.29 is 22.7 Å². The van der Waals surface area contributed by atoms with E-state index in [0.717, 1.165) is 42.4 Å². The van der Waals surface area contributed by atoms with Gasteiger partial charge in [0.15, 0.2) is 0 Å². The van der Waals surface area contributed by atoms with Crippen LogP contribution in [0.3, 0.4) is 0 Å².